The largest absolute Gasteiger partial charge is 0.368 e. The molecule has 1 unspecified atom stereocenters. The molecule has 0 spiro atoms. The number of pyridine rings is 1. The quantitative estimate of drug-likeness (QED) is 0.747. The molecule has 1 atom stereocenters. The molecule has 0 bridgehead atoms. The molecule has 2 aliphatic rings. The number of aryl methyl sites for hydroxylation is 1. The van der Waals surface area contributed by atoms with Crippen molar-refractivity contribution < 1.29 is 4.79 Å². The van der Waals surface area contributed by atoms with Gasteiger partial charge in [0.15, 0.2) is 5.78 Å². The summed E-state index contributed by atoms with van der Waals surface area (Å²) < 4.78 is 0. The zero-order valence-corrected chi connectivity index (χ0v) is 13.8. The number of likely N-dealkylation sites (tertiary alicyclic amines) is 1. The third-order valence-corrected chi connectivity index (χ3v) is 4.48. The standard InChI is InChI=1S/C20H22N2O/c1-15-9-10-19(20(15)23)22-13-11-17(12-14-22)6-4-8-18-7-3-5-16(2)21-18/h3,5-7,10,15H,9,11-14H2,1-2H3. The molecule has 0 radical (unpaired) electrons. The molecule has 0 aromatic carbocycles. The van der Waals surface area contributed by atoms with Crippen LogP contribution in [0.1, 0.15) is 37.6 Å². The number of hydrogen-bond donors (Lipinski definition) is 0. The fourth-order valence-corrected chi connectivity index (χ4v) is 3.04. The van der Waals surface area contributed by atoms with E-state index in [0.717, 1.165) is 49.4 Å². The number of piperidine rings is 1. The van der Waals surface area contributed by atoms with Gasteiger partial charge >= 0.3 is 0 Å². The topological polar surface area (TPSA) is 33.2 Å². The second-order valence-corrected chi connectivity index (χ2v) is 6.31. The zero-order chi connectivity index (χ0) is 16.2. The fourth-order valence-electron chi connectivity index (χ4n) is 3.04. The fraction of sp³-hybridized carbons (Fsp3) is 0.400. The van der Waals surface area contributed by atoms with Gasteiger partial charge in [0.2, 0.25) is 0 Å². The Bertz CT molecular complexity index is 723. The molecule has 3 heteroatoms. The zero-order valence-electron chi connectivity index (χ0n) is 13.8. The van der Waals surface area contributed by atoms with Gasteiger partial charge in [-0.15, -0.1) is 0 Å². The highest BCUT2D eigenvalue weighted by molar-refractivity contribution is 5.98. The van der Waals surface area contributed by atoms with E-state index >= 15 is 0 Å². The van der Waals surface area contributed by atoms with Crippen LogP contribution < -0.4 is 0 Å². The summed E-state index contributed by atoms with van der Waals surface area (Å²) in [5.41, 5.74) is 4.10. The SMILES string of the molecule is Cc1cccc(C#CC=C2CCN(C3=CCC(C)C3=O)CC2)n1. The number of carbonyl (C=O) groups excluding carboxylic acids is 1. The summed E-state index contributed by atoms with van der Waals surface area (Å²) in [5.74, 6) is 6.69. The first-order chi connectivity index (χ1) is 11.1. The minimum absolute atomic E-state index is 0.162. The van der Waals surface area contributed by atoms with E-state index in [9.17, 15) is 4.79 Å². The van der Waals surface area contributed by atoms with E-state index in [1.165, 1.54) is 5.57 Å². The minimum atomic E-state index is 0.162. The number of hydrogen-bond acceptors (Lipinski definition) is 3. The van der Waals surface area contributed by atoms with Gasteiger partial charge in [-0.3, -0.25) is 4.79 Å². The van der Waals surface area contributed by atoms with E-state index < -0.39 is 0 Å². The van der Waals surface area contributed by atoms with Gasteiger partial charge in [0, 0.05) is 24.7 Å². The first-order valence-corrected chi connectivity index (χ1v) is 8.26. The lowest BCUT2D eigenvalue weighted by molar-refractivity contribution is -0.119. The van der Waals surface area contributed by atoms with Crippen molar-refractivity contribution in [1.82, 2.24) is 9.88 Å². The summed E-state index contributed by atoms with van der Waals surface area (Å²) in [4.78, 5) is 18.7. The average Bonchev–Trinajstić information content (AvgIpc) is 2.88. The van der Waals surface area contributed by atoms with Crippen molar-refractivity contribution in [3.63, 3.8) is 0 Å². The number of rotatable bonds is 1. The van der Waals surface area contributed by atoms with Gasteiger partial charge in [0.25, 0.3) is 0 Å². The van der Waals surface area contributed by atoms with Crippen molar-refractivity contribution >= 4 is 5.78 Å². The molecule has 23 heavy (non-hydrogen) atoms. The Labute approximate surface area is 138 Å². The molecule has 1 saturated heterocycles. The lowest BCUT2D eigenvalue weighted by Crippen LogP contribution is -2.33. The lowest BCUT2D eigenvalue weighted by Gasteiger charge is -2.30. The number of allylic oxidation sites excluding steroid dienone is 3. The smallest absolute Gasteiger partial charge is 0.181 e. The second-order valence-electron chi connectivity index (χ2n) is 6.31. The van der Waals surface area contributed by atoms with Crippen LogP contribution in [0, 0.1) is 24.7 Å². The lowest BCUT2D eigenvalue weighted by atomic mass is 10.0. The van der Waals surface area contributed by atoms with Crippen LogP contribution in [-0.4, -0.2) is 28.8 Å². The van der Waals surface area contributed by atoms with Gasteiger partial charge in [-0.05, 0) is 50.3 Å². The Kier molecular flexibility index (Phi) is 4.62. The average molecular weight is 306 g/mol. The van der Waals surface area contributed by atoms with Crippen LogP contribution in [0.25, 0.3) is 0 Å². The van der Waals surface area contributed by atoms with Gasteiger partial charge in [-0.1, -0.05) is 30.6 Å². The first kappa shape index (κ1) is 15.6. The van der Waals surface area contributed by atoms with Crippen molar-refractivity contribution in [1.29, 1.82) is 0 Å². The van der Waals surface area contributed by atoms with Gasteiger partial charge in [0.1, 0.15) is 5.69 Å². The van der Waals surface area contributed by atoms with Gasteiger partial charge in [0.05, 0.1) is 5.70 Å². The molecule has 3 nitrogen and oxygen atoms in total. The van der Waals surface area contributed by atoms with Crippen LogP contribution >= 0.6 is 0 Å². The van der Waals surface area contributed by atoms with Crippen LogP contribution in [0.3, 0.4) is 0 Å². The number of Topliss-reactive ketones (excluding diaryl/α,β-unsaturated/α-hetero) is 1. The summed E-state index contributed by atoms with van der Waals surface area (Å²) >= 11 is 0. The van der Waals surface area contributed by atoms with Crippen molar-refractivity contribution in [3.8, 4) is 11.8 Å². The highest BCUT2D eigenvalue weighted by Gasteiger charge is 2.28. The molecule has 0 N–H and O–H groups in total. The summed E-state index contributed by atoms with van der Waals surface area (Å²) in [6.07, 6.45) is 6.98. The van der Waals surface area contributed by atoms with Gasteiger partial charge in [-0.2, -0.15) is 0 Å². The highest BCUT2D eigenvalue weighted by Crippen LogP contribution is 2.27. The molecule has 0 saturated carbocycles. The number of aromatic nitrogens is 1. The highest BCUT2D eigenvalue weighted by atomic mass is 16.1. The van der Waals surface area contributed by atoms with Crippen molar-refractivity contribution in [2.24, 2.45) is 5.92 Å². The second kappa shape index (κ2) is 6.83. The predicted molar refractivity (Wildman–Crippen MR) is 91.6 cm³/mol. The van der Waals surface area contributed by atoms with Crippen LogP contribution in [-0.2, 0) is 4.79 Å². The summed E-state index contributed by atoms with van der Waals surface area (Å²) in [5, 5.41) is 0. The monoisotopic (exact) mass is 306 g/mol. The molecule has 1 fully saturated rings. The van der Waals surface area contributed by atoms with E-state index in [0.29, 0.717) is 5.78 Å². The van der Waals surface area contributed by atoms with Gasteiger partial charge in [-0.25, -0.2) is 4.98 Å². The normalized spacial score (nSPS) is 20.9. The Morgan fingerprint density at radius 2 is 2.09 bits per heavy atom. The Balaban J connectivity index is 1.58. The predicted octanol–water partition coefficient (Wildman–Crippen LogP) is 3.26. The van der Waals surface area contributed by atoms with E-state index in [4.69, 9.17) is 0 Å². The summed E-state index contributed by atoms with van der Waals surface area (Å²) in [6, 6.07) is 5.88. The first-order valence-electron chi connectivity index (χ1n) is 8.26. The van der Waals surface area contributed by atoms with E-state index in [2.05, 4.69) is 27.8 Å². The Hall–Kier alpha value is -2.34. The number of nitrogens with zero attached hydrogens (tertiary/aromatic N) is 2. The molecule has 1 aliphatic heterocycles. The van der Waals surface area contributed by atoms with Crippen LogP contribution in [0.2, 0.25) is 0 Å². The molecular weight excluding hydrogens is 284 g/mol. The van der Waals surface area contributed by atoms with Crippen LogP contribution in [0.5, 0.6) is 0 Å². The summed E-state index contributed by atoms with van der Waals surface area (Å²) in [7, 11) is 0. The Morgan fingerprint density at radius 3 is 2.74 bits per heavy atom. The molecule has 1 aromatic heterocycles. The minimum Gasteiger partial charge on any atom is -0.368 e. The van der Waals surface area contributed by atoms with Crippen LogP contribution in [0.4, 0.5) is 0 Å². The van der Waals surface area contributed by atoms with Gasteiger partial charge < -0.3 is 4.90 Å². The molecule has 0 amide bonds. The van der Waals surface area contributed by atoms with E-state index in [1.807, 2.05) is 38.1 Å². The molecule has 118 valence electrons. The van der Waals surface area contributed by atoms with Crippen molar-refractivity contribution in [2.45, 2.75) is 33.1 Å². The maximum absolute atomic E-state index is 12.1. The van der Waals surface area contributed by atoms with E-state index in [1.54, 1.807) is 0 Å². The third kappa shape index (κ3) is 3.71. The number of carbonyl (C=O) groups is 1. The van der Waals surface area contributed by atoms with Crippen molar-refractivity contribution in [2.75, 3.05) is 13.1 Å². The molecule has 1 aliphatic carbocycles. The Morgan fingerprint density at radius 1 is 1.30 bits per heavy atom. The summed E-state index contributed by atoms with van der Waals surface area (Å²) in [6.45, 7) is 5.82. The maximum atomic E-state index is 12.1. The molecular formula is C20H22N2O. The molecule has 2 heterocycles. The molecule has 3 rings (SSSR count). The van der Waals surface area contributed by atoms with Crippen LogP contribution in [0.15, 0.2) is 41.6 Å². The third-order valence-electron chi connectivity index (χ3n) is 4.48. The maximum Gasteiger partial charge on any atom is 0.181 e. The number of ketones is 1. The van der Waals surface area contributed by atoms with Crippen molar-refractivity contribution in [3.05, 3.63) is 53.0 Å². The van der Waals surface area contributed by atoms with E-state index in [-0.39, 0.29) is 5.92 Å². The molecule has 1 aromatic rings.